The average molecular weight is 247 g/mol. The van der Waals surface area contributed by atoms with Gasteiger partial charge in [0.05, 0.1) is 5.57 Å². The summed E-state index contributed by atoms with van der Waals surface area (Å²) in [4.78, 5) is 11.2. The van der Waals surface area contributed by atoms with Crippen LogP contribution in [0.2, 0.25) is 0 Å². The lowest BCUT2D eigenvalue weighted by Gasteiger charge is -2.11. The number of hydrogen-bond donors (Lipinski definition) is 1. The molecule has 0 unspecified atom stereocenters. The van der Waals surface area contributed by atoms with Gasteiger partial charge < -0.3 is 5.32 Å². The first-order chi connectivity index (χ1) is 7.75. The Hall–Kier alpha value is -1.85. The molecule has 1 amide bonds. The molecule has 1 aromatic carbocycles. The van der Waals surface area contributed by atoms with Gasteiger partial charge in [-0.25, -0.2) is 4.39 Å². The molecule has 17 heavy (non-hydrogen) atoms. The Balaban J connectivity index is 3.23. The third kappa shape index (κ3) is 3.05. The molecule has 6 heteroatoms. The molecule has 0 atom stereocenters. The Morgan fingerprint density at radius 1 is 1.24 bits per heavy atom. The zero-order valence-corrected chi connectivity index (χ0v) is 8.86. The number of nitrogens with one attached hydrogen (secondary N) is 1. The first kappa shape index (κ1) is 13.2. The highest BCUT2D eigenvalue weighted by Crippen LogP contribution is 2.32. The number of hydrogen-bond acceptors (Lipinski definition) is 1. The van der Waals surface area contributed by atoms with Crippen molar-refractivity contribution in [2.24, 2.45) is 0 Å². The summed E-state index contributed by atoms with van der Waals surface area (Å²) < 4.78 is 50.2. The Kier molecular flexibility index (Phi) is 3.55. The molecule has 1 rings (SSSR count). The molecule has 0 radical (unpaired) electrons. The molecule has 2 nitrogen and oxygen atoms in total. The molecule has 0 bridgehead atoms. The fourth-order valence-electron chi connectivity index (χ4n) is 1.20. The van der Waals surface area contributed by atoms with Gasteiger partial charge in [0, 0.05) is 12.6 Å². The van der Waals surface area contributed by atoms with E-state index in [0.717, 1.165) is 12.1 Å². The Morgan fingerprint density at radius 2 is 1.76 bits per heavy atom. The second kappa shape index (κ2) is 4.57. The molecular formula is C11H9F4NO. The van der Waals surface area contributed by atoms with Crippen molar-refractivity contribution in [2.75, 3.05) is 7.05 Å². The second-order valence-electron chi connectivity index (χ2n) is 3.28. The van der Waals surface area contributed by atoms with Gasteiger partial charge in [0.15, 0.2) is 0 Å². The molecule has 0 aliphatic carbocycles. The molecule has 1 aromatic rings. The topological polar surface area (TPSA) is 29.1 Å². The van der Waals surface area contributed by atoms with Crippen LogP contribution in [0.15, 0.2) is 24.8 Å². The van der Waals surface area contributed by atoms with Crippen LogP contribution in [0, 0.1) is 5.82 Å². The minimum atomic E-state index is -4.66. The number of amides is 1. The zero-order chi connectivity index (χ0) is 13.2. The van der Waals surface area contributed by atoms with E-state index < -0.39 is 29.0 Å². The van der Waals surface area contributed by atoms with Gasteiger partial charge >= 0.3 is 6.18 Å². The van der Waals surface area contributed by atoms with E-state index in [-0.39, 0.29) is 5.56 Å². The summed E-state index contributed by atoms with van der Waals surface area (Å²) in [5, 5.41) is 2.20. The van der Waals surface area contributed by atoms with Gasteiger partial charge in [0.25, 0.3) is 5.91 Å². The van der Waals surface area contributed by atoms with E-state index in [9.17, 15) is 22.4 Å². The van der Waals surface area contributed by atoms with E-state index >= 15 is 0 Å². The second-order valence-corrected chi connectivity index (χ2v) is 3.28. The van der Waals surface area contributed by atoms with Gasteiger partial charge in [-0.1, -0.05) is 6.58 Å². The van der Waals surface area contributed by atoms with Gasteiger partial charge in [0.2, 0.25) is 0 Å². The molecule has 1 N–H and O–H groups in total. The number of benzene rings is 1. The first-order valence-electron chi connectivity index (χ1n) is 4.55. The predicted octanol–water partition coefficient (Wildman–Crippen LogP) is 2.76. The van der Waals surface area contributed by atoms with E-state index in [0.29, 0.717) is 6.07 Å². The molecule has 0 aliphatic rings. The highest BCUT2D eigenvalue weighted by Gasteiger charge is 2.33. The molecule has 0 saturated heterocycles. The standard InChI is InChI=1S/C11H9F4NO/c1-6(11(13,14)15)7-3-8(10(17)16-2)5-9(12)4-7/h3-5H,1H2,2H3,(H,16,17). The van der Waals surface area contributed by atoms with E-state index in [4.69, 9.17) is 0 Å². The maximum atomic E-state index is 13.1. The number of carbonyl (C=O) groups excluding carboxylic acids is 1. The normalized spacial score (nSPS) is 11.1. The summed E-state index contributed by atoms with van der Waals surface area (Å²) in [6.45, 7) is 2.84. The highest BCUT2D eigenvalue weighted by atomic mass is 19.4. The minimum absolute atomic E-state index is 0.187. The Morgan fingerprint density at radius 3 is 2.24 bits per heavy atom. The monoisotopic (exact) mass is 247 g/mol. The molecule has 0 saturated carbocycles. The Labute approximate surface area is 94.9 Å². The Bertz CT molecular complexity index is 465. The van der Waals surface area contributed by atoms with E-state index in [1.807, 2.05) is 0 Å². The average Bonchev–Trinajstić information content (AvgIpc) is 2.24. The third-order valence-electron chi connectivity index (χ3n) is 2.08. The summed E-state index contributed by atoms with van der Waals surface area (Å²) in [5.74, 6) is -1.59. The predicted molar refractivity (Wildman–Crippen MR) is 54.9 cm³/mol. The van der Waals surface area contributed by atoms with Crippen LogP contribution in [0.25, 0.3) is 5.57 Å². The highest BCUT2D eigenvalue weighted by molar-refractivity contribution is 5.95. The summed E-state index contributed by atoms with van der Waals surface area (Å²) in [6.07, 6.45) is -4.66. The summed E-state index contributed by atoms with van der Waals surface area (Å²) in [5.41, 5.74) is -1.84. The number of halogens is 4. The van der Waals surface area contributed by atoms with E-state index in [2.05, 4.69) is 11.9 Å². The van der Waals surface area contributed by atoms with Gasteiger partial charge in [0.1, 0.15) is 5.82 Å². The lowest BCUT2D eigenvalue weighted by molar-refractivity contribution is -0.0686. The van der Waals surface area contributed by atoms with Crippen LogP contribution in [0.5, 0.6) is 0 Å². The lowest BCUT2D eigenvalue weighted by atomic mass is 10.0. The van der Waals surface area contributed by atoms with Crippen molar-refractivity contribution in [2.45, 2.75) is 6.18 Å². The summed E-state index contributed by atoms with van der Waals surface area (Å²) in [6, 6.07) is 2.48. The maximum Gasteiger partial charge on any atom is 0.416 e. The molecule has 0 aromatic heterocycles. The quantitative estimate of drug-likeness (QED) is 0.800. The number of carbonyl (C=O) groups is 1. The number of allylic oxidation sites excluding steroid dienone is 1. The van der Waals surface area contributed by atoms with Crippen molar-refractivity contribution in [3.05, 3.63) is 41.7 Å². The van der Waals surface area contributed by atoms with Crippen molar-refractivity contribution >= 4 is 11.5 Å². The van der Waals surface area contributed by atoms with Crippen molar-refractivity contribution in [3.8, 4) is 0 Å². The van der Waals surface area contributed by atoms with Gasteiger partial charge in [-0.3, -0.25) is 4.79 Å². The zero-order valence-electron chi connectivity index (χ0n) is 8.86. The summed E-state index contributed by atoms with van der Waals surface area (Å²) in [7, 11) is 1.30. The van der Waals surface area contributed by atoms with E-state index in [1.54, 1.807) is 0 Å². The first-order valence-corrected chi connectivity index (χ1v) is 4.55. The van der Waals surface area contributed by atoms with Crippen LogP contribution in [0.1, 0.15) is 15.9 Å². The van der Waals surface area contributed by atoms with Gasteiger partial charge in [-0.15, -0.1) is 0 Å². The van der Waals surface area contributed by atoms with Crippen molar-refractivity contribution in [1.82, 2.24) is 5.32 Å². The summed E-state index contributed by atoms with van der Waals surface area (Å²) >= 11 is 0. The minimum Gasteiger partial charge on any atom is -0.355 e. The maximum absolute atomic E-state index is 13.1. The van der Waals surface area contributed by atoms with Gasteiger partial charge in [-0.2, -0.15) is 13.2 Å². The molecular weight excluding hydrogens is 238 g/mol. The van der Waals surface area contributed by atoms with Crippen LogP contribution in [0.4, 0.5) is 17.6 Å². The fraction of sp³-hybridized carbons (Fsp3) is 0.182. The van der Waals surface area contributed by atoms with Crippen molar-refractivity contribution < 1.29 is 22.4 Å². The third-order valence-corrected chi connectivity index (χ3v) is 2.08. The van der Waals surface area contributed by atoms with Gasteiger partial charge in [-0.05, 0) is 23.8 Å². The van der Waals surface area contributed by atoms with Crippen LogP contribution in [0.3, 0.4) is 0 Å². The molecule has 0 spiro atoms. The number of rotatable bonds is 2. The molecule has 0 aliphatic heterocycles. The van der Waals surface area contributed by atoms with Crippen molar-refractivity contribution in [1.29, 1.82) is 0 Å². The number of alkyl halides is 3. The molecule has 92 valence electrons. The van der Waals surface area contributed by atoms with Crippen LogP contribution in [-0.4, -0.2) is 19.1 Å². The fourth-order valence-corrected chi connectivity index (χ4v) is 1.20. The largest absolute Gasteiger partial charge is 0.416 e. The molecule has 0 heterocycles. The smallest absolute Gasteiger partial charge is 0.355 e. The van der Waals surface area contributed by atoms with Crippen LogP contribution < -0.4 is 5.32 Å². The lowest BCUT2D eigenvalue weighted by Crippen LogP contribution is -2.18. The van der Waals surface area contributed by atoms with Crippen LogP contribution >= 0.6 is 0 Å². The molecule has 0 fully saturated rings. The SMILES string of the molecule is C=C(c1cc(F)cc(C(=O)NC)c1)C(F)(F)F. The van der Waals surface area contributed by atoms with E-state index in [1.165, 1.54) is 7.05 Å². The van der Waals surface area contributed by atoms with Crippen LogP contribution in [-0.2, 0) is 0 Å². The van der Waals surface area contributed by atoms with Crippen molar-refractivity contribution in [3.63, 3.8) is 0 Å².